The van der Waals surface area contributed by atoms with E-state index >= 15 is 0 Å². The third kappa shape index (κ3) is 9.67. The van der Waals surface area contributed by atoms with Crippen LogP contribution >= 0.6 is 0 Å². The Morgan fingerprint density at radius 2 is 1.33 bits per heavy atom. The molecule has 8 N–H and O–H groups in total. The molecule has 0 unspecified atom stereocenters. The van der Waals surface area contributed by atoms with Gasteiger partial charge in [0.05, 0.1) is 0 Å². The number of hydrogen-bond acceptors (Lipinski definition) is 8. The zero-order valence-electron chi connectivity index (χ0n) is 9.61. The Bertz CT molecular complexity index is 413. The number of unbranched alkanes of at least 4 members (excludes halogenated alkanes) is 2. The molecule has 0 atom stereocenters. The van der Waals surface area contributed by atoms with E-state index in [2.05, 4.69) is 18.6 Å². The summed E-state index contributed by atoms with van der Waals surface area (Å²) in [6, 6.07) is 0. The normalized spacial score (nSPS) is 13.8. The highest BCUT2D eigenvalue weighted by Gasteiger charge is 2.36. The minimum absolute atomic E-state index is 0.236. The van der Waals surface area contributed by atoms with Crippen LogP contribution in [0.2, 0.25) is 0 Å². The van der Waals surface area contributed by atoms with Crippen LogP contribution in [0.3, 0.4) is 0 Å². The first-order valence-electron chi connectivity index (χ1n) is 4.93. The van der Waals surface area contributed by atoms with Gasteiger partial charge >= 0.3 is 20.6 Å². The second-order valence-corrected chi connectivity index (χ2v) is 5.87. The van der Waals surface area contributed by atoms with Gasteiger partial charge in [-0.05, 0) is 19.4 Å². The molecule has 0 fully saturated rings. The molecule has 0 saturated carbocycles. The number of rotatable bonds is 9. The van der Waals surface area contributed by atoms with E-state index in [1.807, 2.05) is 0 Å². The molecule has 0 aliphatic carbocycles. The lowest BCUT2D eigenvalue weighted by Crippen LogP contribution is -2.50. The third-order valence-corrected chi connectivity index (χ3v) is 2.77. The topological polar surface area (TPSA) is 191 Å². The van der Waals surface area contributed by atoms with E-state index in [1.54, 1.807) is 0 Å². The van der Waals surface area contributed by atoms with E-state index in [1.165, 1.54) is 0 Å². The third-order valence-electron chi connectivity index (χ3n) is 1.74. The van der Waals surface area contributed by atoms with Crippen LogP contribution in [0.25, 0.3) is 0 Å². The smallest absolute Gasteiger partial charge is 0.330 e. The van der Waals surface area contributed by atoms with Crippen molar-refractivity contribution < 1.29 is 25.2 Å². The van der Waals surface area contributed by atoms with Crippen molar-refractivity contribution in [1.82, 2.24) is 0 Å². The molecule has 12 heteroatoms. The van der Waals surface area contributed by atoms with Gasteiger partial charge in [-0.2, -0.15) is 16.8 Å². The standard InChI is InChI=1S/C6H18N4O6S2/c7-5-3-1-2-4-6(8,15-17(9,11)12)16-18(10,13)14/h1-5,7-8H2,(H2,9,11,12)(H2,10,13,14). The molecule has 0 aliphatic heterocycles. The van der Waals surface area contributed by atoms with Crippen LogP contribution in [0.5, 0.6) is 0 Å². The number of hydrogen-bond donors (Lipinski definition) is 4. The summed E-state index contributed by atoms with van der Waals surface area (Å²) in [6.45, 7) is 0.434. The summed E-state index contributed by atoms with van der Waals surface area (Å²) < 4.78 is 51.4. The molecule has 110 valence electrons. The van der Waals surface area contributed by atoms with Crippen LogP contribution in [0, 0.1) is 0 Å². The van der Waals surface area contributed by atoms with Crippen molar-refractivity contribution in [1.29, 1.82) is 0 Å². The molecule has 0 rings (SSSR count). The highest BCUT2D eigenvalue weighted by atomic mass is 32.2. The van der Waals surface area contributed by atoms with Crippen molar-refractivity contribution in [2.75, 3.05) is 6.54 Å². The van der Waals surface area contributed by atoms with Crippen molar-refractivity contribution >= 4 is 20.6 Å². The molecule has 0 bridgehead atoms. The second-order valence-electron chi connectivity index (χ2n) is 3.56. The van der Waals surface area contributed by atoms with Crippen LogP contribution in [0.1, 0.15) is 25.7 Å². The second kappa shape index (κ2) is 6.72. The van der Waals surface area contributed by atoms with Crippen molar-refractivity contribution in [2.24, 2.45) is 21.7 Å². The van der Waals surface area contributed by atoms with E-state index in [-0.39, 0.29) is 6.42 Å². The Morgan fingerprint density at radius 1 is 0.889 bits per heavy atom. The predicted octanol–water partition coefficient (Wildman–Crippen LogP) is -2.44. The molecule has 0 spiro atoms. The molecule has 18 heavy (non-hydrogen) atoms. The number of nitrogens with two attached hydrogens (primary N) is 4. The Hall–Kier alpha value is -0.340. The summed E-state index contributed by atoms with van der Waals surface area (Å²) in [5.74, 6) is -2.45. The van der Waals surface area contributed by atoms with Gasteiger partial charge in [0.2, 0.25) is 0 Å². The average Bonchev–Trinajstić information content (AvgIpc) is 2.05. The molecular weight excluding hydrogens is 288 g/mol. The highest BCUT2D eigenvalue weighted by Crippen LogP contribution is 2.18. The van der Waals surface area contributed by atoms with Gasteiger partial charge in [0.15, 0.2) is 0 Å². The monoisotopic (exact) mass is 306 g/mol. The summed E-state index contributed by atoms with van der Waals surface area (Å²) in [5.41, 5.74) is 10.6. The molecule has 0 aromatic heterocycles. The Balaban J connectivity index is 4.70. The van der Waals surface area contributed by atoms with Gasteiger partial charge < -0.3 is 5.73 Å². The lowest BCUT2D eigenvalue weighted by Gasteiger charge is -2.25. The fraction of sp³-hybridized carbons (Fsp3) is 1.00. The van der Waals surface area contributed by atoms with Crippen LogP contribution in [0.4, 0.5) is 0 Å². The summed E-state index contributed by atoms with van der Waals surface area (Å²) in [5, 5.41) is 9.21. The maximum atomic E-state index is 10.8. The Labute approximate surface area is 106 Å². The maximum absolute atomic E-state index is 10.8. The van der Waals surface area contributed by atoms with Crippen molar-refractivity contribution in [2.45, 2.75) is 31.6 Å². The molecule has 0 aromatic rings. The Morgan fingerprint density at radius 3 is 1.67 bits per heavy atom. The minimum atomic E-state index is -4.49. The van der Waals surface area contributed by atoms with Crippen molar-refractivity contribution in [3.8, 4) is 0 Å². The van der Waals surface area contributed by atoms with E-state index in [9.17, 15) is 16.8 Å². The minimum Gasteiger partial charge on any atom is -0.330 e. The van der Waals surface area contributed by atoms with E-state index in [0.29, 0.717) is 25.8 Å². The highest BCUT2D eigenvalue weighted by molar-refractivity contribution is 7.85. The van der Waals surface area contributed by atoms with Gasteiger partial charge in [-0.3, -0.25) is 5.73 Å². The molecule has 0 heterocycles. The summed E-state index contributed by atoms with van der Waals surface area (Å²) in [4.78, 5) is 0. The summed E-state index contributed by atoms with van der Waals surface area (Å²) in [6.07, 6.45) is 1.32. The first-order chi connectivity index (χ1) is 7.97. The molecular formula is C6H18N4O6S2. The lowest BCUT2D eigenvalue weighted by atomic mass is 10.1. The van der Waals surface area contributed by atoms with Gasteiger partial charge in [-0.25, -0.2) is 18.6 Å². The molecule has 0 aromatic carbocycles. The van der Waals surface area contributed by atoms with E-state index in [0.717, 1.165) is 0 Å². The van der Waals surface area contributed by atoms with Crippen molar-refractivity contribution in [3.63, 3.8) is 0 Å². The van der Waals surface area contributed by atoms with Crippen LogP contribution in [-0.4, -0.2) is 29.3 Å². The van der Waals surface area contributed by atoms with Crippen LogP contribution < -0.4 is 21.7 Å². The maximum Gasteiger partial charge on any atom is 0.337 e. The lowest BCUT2D eigenvalue weighted by molar-refractivity contribution is -0.106. The zero-order valence-corrected chi connectivity index (χ0v) is 11.2. The zero-order chi connectivity index (χ0) is 14.4. The Kier molecular flexibility index (Phi) is 6.59. The van der Waals surface area contributed by atoms with E-state index in [4.69, 9.17) is 11.5 Å². The predicted molar refractivity (Wildman–Crippen MR) is 62.8 cm³/mol. The molecule has 0 radical (unpaired) electrons. The van der Waals surface area contributed by atoms with Crippen LogP contribution in [0.15, 0.2) is 0 Å². The molecule has 0 amide bonds. The summed E-state index contributed by atoms with van der Waals surface area (Å²) in [7, 11) is -8.98. The summed E-state index contributed by atoms with van der Waals surface area (Å²) >= 11 is 0. The fourth-order valence-corrected chi connectivity index (χ4v) is 2.25. The molecule has 10 nitrogen and oxygen atoms in total. The van der Waals surface area contributed by atoms with Crippen LogP contribution in [-0.2, 0) is 29.0 Å². The first-order valence-corrected chi connectivity index (χ1v) is 7.87. The van der Waals surface area contributed by atoms with Gasteiger partial charge in [-0.15, -0.1) is 0 Å². The van der Waals surface area contributed by atoms with E-state index < -0.39 is 26.5 Å². The quantitative estimate of drug-likeness (QED) is 0.266. The van der Waals surface area contributed by atoms with Gasteiger partial charge in [0.1, 0.15) is 0 Å². The first kappa shape index (κ1) is 17.7. The van der Waals surface area contributed by atoms with Gasteiger partial charge in [0, 0.05) is 6.42 Å². The van der Waals surface area contributed by atoms with Gasteiger partial charge in [-0.1, -0.05) is 6.42 Å². The molecule has 0 aliphatic rings. The SMILES string of the molecule is NCCCCCC(N)(OS(N)(=O)=O)OS(N)(=O)=O. The fourth-order valence-electron chi connectivity index (χ4n) is 1.18. The van der Waals surface area contributed by atoms with Crippen molar-refractivity contribution in [3.05, 3.63) is 0 Å². The average molecular weight is 306 g/mol. The largest absolute Gasteiger partial charge is 0.337 e. The van der Waals surface area contributed by atoms with Gasteiger partial charge in [0.25, 0.3) is 5.91 Å². The molecule has 0 saturated heterocycles.